The second-order valence-electron chi connectivity index (χ2n) is 12.5. The Morgan fingerprint density at radius 3 is 2.45 bits per heavy atom. The van der Waals surface area contributed by atoms with E-state index in [4.69, 9.17) is 4.99 Å². The first kappa shape index (κ1) is 32.1. The van der Waals surface area contributed by atoms with Gasteiger partial charge < -0.3 is 15.1 Å². The molecule has 1 fully saturated rings. The zero-order valence-corrected chi connectivity index (χ0v) is 26.1. The van der Waals surface area contributed by atoms with Crippen LogP contribution in [0.1, 0.15) is 96.2 Å². The van der Waals surface area contributed by atoms with E-state index in [0.717, 1.165) is 68.3 Å². The molecule has 2 heterocycles. The van der Waals surface area contributed by atoms with Crippen molar-refractivity contribution in [3.63, 3.8) is 0 Å². The number of aliphatic imine (C=N–C) groups is 2. The van der Waals surface area contributed by atoms with Gasteiger partial charge in [-0.1, -0.05) is 51.0 Å². The molecule has 42 heavy (non-hydrogen) atoms. The summed E-state index contributed by atoms with van der Waals surface area (Å²) < 4.78 is 46.7. The summed E-state index contributed by atoms with van der Waals surface area (Å²) in [5.41, 5.74) is 2.55. The molecule has 8 heteroatoms. The van der Waals surface area contributed by atoms with Crippen LogP contribution in [0.4, 0.5) is 13.2 Å². The van der Waals surface area contributed by atoms with E-state index in [2.05, 4.69) is 48.4 Å². The molecule has 3 aliphatic rings. The molecule has 0 aromatic heterocycles. The maximum atomic E-state index is 15.8. The summed E-state index contributed by atoms with van der Waals surface area (Å²) in [6, 6.07) is 3.84. The molecular formula is C34H48F3N5. The van der Waals surface area contributed by atoms with E-state index in [1.54, 1.807) is 13.0 Å². The maximum absolute atomic E-state index is 15.8. The van der Waals surface area contributed by atoms with Gasteiger partial charge in [0.1, 0.15) is 17.5 Å². The van der Waals surface area contributed by atoms with Crippen LogP contribution in [0.25, 0.3) is 0 Å². The number of fused-ring (bicyclic) bond motifs is 3. The number of hydrogen-bond donors (Lipinski definition) is 1. The number of benzene rings is 1. The molecule has 230 valence electrons. The lowest BCUT2D eigenvalue weighted by Gasteiger charge is -2.36. The highest BCUT2D eigenvalue weighted by Gasteiger charge is 2.45. The highest BCUT2D eigenvalue weighted by atomic mass is 19.3. The minimum Gasteiger partial charge on any atom is -0.363 e. The Morgan fingerprint density at radius 1 is 1.07 bits per heavy atom. The second kappa shape index (κ2) is 13.2. The van der Waals surface area contributed by atoms with Gasteiger partial charge in [0.25, 0.3) is 5.92 Å². The van der Waals surface area contributed by atoms with Gasteiger partial charge in [0.15, 0.2) is 0 Å². The SMILES string of the molecule is C=NC1=C2C=C(C3(C)CC3)C(=C)N1CCCCCCC(C)N(C)CCC(F)(F)c1cccc(c1F)[C@@H](C)NC2=NCC. The average molecular weight is 584 g/mol. The van der Waals surface area contributed by atoms with E-state index in [0.29, 0.717) is 18.2 Å². The van der Waals surface area contributed by atoms with Crippen molar-refractivity contribution in [1.82, 2.24) is 15.1 Å². The molecular weight excluding hydrogens is 535 g/mol. The molecule has 0 amide bonds. The van der Waals surface area contributed by atoms with Crippen LogP contribution in [0.3, 0.4) is 0 Å². The zero-order chi connectivity index (χ0) is 30.7. The summed E-state index contributed by atoms with van der Waals surface area (Å²) in [5.74, 6) is -2.95. The summed E-state index contributed by atoms with van der Waals surface area (Å²) in [7, 11) is 1.88. The first-order chi connectivity index (χ1) is 19.9. The molecule has 0 spiro atoms. The summed E-state index contributed by atoms with van der Waals surface area (Å²) in [6.45, 7) is 17.9. The number of nitrogens with one attached hydrogen (secondary N) is 1. The fourth-order valence-corrected chi connectivity index (χ4v) is 6.05. The van der Waals surface area contributed by atoms with E-state index in [1.807, 2.05) is 18.9 Å². The van der Waals surface area contributed by atoms with E-state index in [-0.39, 0.29) is 23.6 Å². The average Bonchev–Trinajstić information content (AvgIpc) is 3.70. The largest absolute Gasteiger partial charge is 0.363 e. The minimum atomic E-state index is -3.29. The third-order valence-corrected chi connectivity index (χ3v) is 9.32. The van der Waals surface area contributed by atoms with Gasteiger partial charge in [-0.3, -0.25) is 4.99 Å². The molecule has 2 atom stereocenters. The smallest absolute Gasteiger partial charge is 0.277 e. The second-order valence-corrected chi connectivity index (χ2v) is 12.5. The normalized spacial score (nSPS) is 26.9. The molecule has 1 N–H and O–H groups in total. The van der Waals surface area contributed by atoms with Crippen molar-refractivity contribution in [3.05, 3.63) is 70.5 Å². The van der Waals surface area contributed by atoms with Crippen molar-refractivity contribution in [2.75, 3.05) is 26.7 Å². The van der Waals surface area contributed by atoms with Crippen molar-refractivity contribution < 1.29 is 13.2 Å². The van der Waals surface area contributed by atoms with E-state index < -0.39 is 29.8 Å². The standard InChI is InChI=1S/C34H48F3N5/c1-8-39-31-27-22-29(33(5)17-18-33)25(4)42(32(27)38-6)20-12-10-9-11-14-23(2)41(7)21-19-34(36,37)28-16-13-15-26(30(28)35)24(3)40-31/h13,15-16,22-24H,4,6,8-12,14,17-21H2,1-3,5,7H3,(H,39,40)/t23?,24-/m1/s1. The van der Waals surface area contributed by atoms with Gasteiger partial charge in [-0.25, -0.2) is 18.2 Å². The monoisotopic (exact) mass is 583 g/mol. The molecule has 0 saturated heterocycles. The number of allylic oxidation sites excluding steroid dienone is 1. The predicted octanol–water partition coefficient (Wildman–Crippen LogP) is 8.13. The van der Waals surface area contributed by atoms with Crippen LogP contribution in [-0.4, -0.2) is 55.1 Å². The summed E-state index contributed by atoms with van der Waals surface area (Å²) >= 11 is 0. The molecule has 4 bridgehead atoms. The Hall–Kier alpha value is -2.87. The predicted molar refractivity (Wildman–Crippen MR) is 167 cm³/mol. The Labute approximate surface area is 250 Å². The third-order valence-electron chi connectivity index (χ3n) is 9.32. The van der Waals surface area contributed by atoms with E-state index in [9.17, 15) is 0 Å². The Kier molecular flexibility index (Phi) is 10.1. The first-order valence-corrected chi connectivity index (χ1v) is 15.5. The Morgan fingerprint density at radius 2 is 1.79 bits per heavy atom. The molecule has 4 rings (SSSR count). The quantitative estimate of drug-likeness (QED) is 0.366. The summed E-state index contributed by atoms with van der Waals surface area (Å²) in [4.78, 5) is 13.3. The van der Waals surface area contributed by atoms with Crippen LogP contribution >= 0.6 is 0 Å². The Balaban J connectivity index is 1.78. The highest BCUT2D eigenvalue weighted by molar-refractivity contribution is 6.02. The van der Waals surface area contributed by atoms with Crippen molar-refractivity contribution >= 4 is 12.6 Å². The van der Waals surface area contributed by atoms with Crippen molar-refractivity contribution in [2.45, 2.75) is 97.1 Å². The number of halogens is 3. The van der Waals surface area contributed by atoms with Gasteiger partial charge in [0.2, 0.25) is 0 Å². The highest BCUT2D eigenvalue weighted by Crippen LogP contribution is 2.55. The minimum absolute atomic E-state index is 0.0399. The van der Waals surface area contributed by atoms with Crippen molar-refractivity contribution in [1.29, 1.82) is 0 Å². The van der Waals surface area contributed by atoms with E-state index >= 15 is 13.2 Å². The van der Waals surface area contributed by atoms with Crippen LogP contribution in [-0.2, 0) is 5.92 Å². The van der Waals surface area contributed by atoms with Crippen LogP contribution < -0.4 is 5.32 Å². The fraction of sp³-hybridized carbons (Fsp3) is 0.588. The summed E-state index contributed by atoms with van der Waals surface area (Å²) in [6.07, 6.45) is 8.85. The van der Waals surface area contributed by atoms with Crippen LogP contribution in [0.2, 0.25) is 0 Å². The molecule has 2 aliphatic heterocycles. The topological polar surface area (TPSA) is 43.2 Å². The number of alkyl halides is 2. The fourth-order valence-electron chi connectivity index (χ4n) is 6.05. The van der Waals surface area contributed by atoms with Gasteiger partial charge in [-0.2, -0.15) is 0 Å². The van der Waals surface area contributed by atoms with Crippen LogP contribution in [0, 0.1) is 11.2 Å². The molecule has 1 unspecified atom stereocenters. The van der Waals surface area contributed by atoms with E-state index in [1.165, 1.54) is 12.1 Å². The lowest BCUT2D eigenvalue weighted by Crippen LogP contribution is -2.36. The Bertz CT molecular complexity index is 1260. The molecule has 1 aromatic carbocycles. The number of rotatable bonds is 3. The lowest BCUT2D eigenvalue weighted by molar-refractivity contribution is -0.0259. The van der Waals surface area contributed by atoms with Gasteiger partial charge in [-0.15, -0.1) is 0 Å². The van der Waals surface area contributed by atoms with Crippen molar-refractivity contribution in [3.8, 4) is 0 Å². The van der Waals surface area contributed by atoms with Crippen LogP contribution in [0.5, 0.6) is 0 Å². The maximum Gasteiger partial charge on any atom is 0.277 e. The van der Waals surface area contributed by atoms with Gasteiger partial charge in [0, 0.05) is 43.4 Å². The molecule has 0 radical (unpaired) electrons. The number of hydrogen-bond acceptors (Lipinski definition) is 4. The van der Waals surface area contributed by atoms with Crippen LogP contribution in [0.15, 0.2) is 63.5 Å². The zero-order valence-electron chi connectivity index (χ0n) is 26.1. The number of nitrogens with zero attached hydrogens (tertiary/aromatic N) is 4. The number of amidine groups is 1. The van der Waals surface area contributed by atoms with Gasteiger partial charge in [-0.05, 0) is 77.3 Å². The first-order valence-electron chi connectivity index (χ1n) is 15.5. The lowest BCUT2D eigenvalue weighted by atomic mass is 9.89. The molecule has 1 saturated carbocycles. The van der Waals surface area contributed by atoms with Crippen molar-refractivity contribution in [2.24, 2.45) is 15.4 Å². The summed E-state index contributed by atoms with van der Waals surface area (Å²) in [5, 5.41) is 3.37. The van der Waals surface area contributed by atoms with Gasteiger partial charge in [0.05, 0.1) is 17.2 Å². The third kappa shape index (κ3) is 6.85. The molecule has 1 aromatic rings. The van der Waals surface area contributed by atoms with Gasteiger partial charge >= 0.3 is 0 Å². The molecule has 5 nitrogen and oxygen atoms in total. The molecule has 1 aliphatic carbocycles.